The van der Waals surface area contributed by atoms with Gasteiger partial charge in [0, 0.05) is 30.7 Å². The van der Waals surface area contributed by atoms with E-state index >= 15 is 0 Å². The number of nitrogens with one attached hydrogen (secondary N) is 2. The molecule has 0 saturated heterocycles. The van der Waals surface area contributed by atoms with Crippen molar-refractivity contribution in [2.45, 2.75) is 31.3 Å². The summed E-state index contributed by atoms with van der Waals surface area (Å²) in [5.74, 6) is 0.199. The van der Waals surface area contributed by atoms with Crippen molar-refractivity contribution in [3.63, 3.8) is 0 Å². The molecule has 2 heterocycles. The molecule has 0 saturated carbocycles. The predicted octanol–water partition coefficient (Wildman–Crippen LogP) is 1.38. The van der Waals surface area contributed by atoms with Crippen molar-refractivity contribution in [3.8, 4) is 0 Å². The normalized spacial score (nSPS) is 11.8. The van der Waals surface area contributed by atoms with E-state index in [1.807, 2.05) is 25.5 Å². The molecule has 0 unspecified atom stereocenters. The van der Waals surface area contributed by atoms with Crippen molar-refractivity contribution in [1.82, 2.24) is 20.1 Å². The molecule has 2 aromatic heterocycles. The van der Waals surface area contributed by atoms with Crippen molar-refractivity contribution in [1.29, 1.82) is 0 Å². The maximum atomic E-state index is 12.4. The molecule has 0 aliphatic rings. The lowest BCUT2D eigenvalue weighted by atomic mass is 10.3. The lowest BCUT2D eigenvalue weighted by Gasteiger charge is -2.11. The molecule has 2 aromatic rings. The Morgan fingerprint density at radius 3 is 2.71 bits per heavy atom. The number of hydrogen-bond acceptors (Lipinski definition) is 5. The molecule has 0 amide bonds. The molecule has 0 fully saturated rings. The van der Waals surface area contributed by atoms with Gasteiger partial charge in [0.25, 0.3) is 10.0 Å². The smallest absolute Gasteiger partial charge is 0.264 e. The zero-order valence-electron chi connectivity index (χ0n) is 12.2. The van der Waals surface area contributed by atoms with E-state index in [0.29, 0.717) is 6.54 Å². The maximum absolute atomic E-state index is 12.4. The number of anilines is 1. The van der Waals surface area contributed by atoms with Gasteiger partial charge in [-0.1, -0.05) is 0 Å². The van der Waals surface area contributed by atoms with Crippen molar-refractivity contribution in [2.24, 2.45) is 0 Å². The second-order valence-corrected chi connectivity index (χ2v) is 6.60. The first kappa shape index (κ1) is 15.5. The van der Waals surface area contributed by atoms with Crippen molar-refractivity contribution in [2.75, 3.05) is 11.8 Å². The highest BCUT2D eigenvalue weighted by atomic mass is 32.2. The minimum absolute atomic E-state index is 0.175. The summed E-state index contributed by atoms with van der Waals surface area (Å²) < 4.78 is 29.1. The Labute approximate surface area is 124 Å². The van der Waals surface area contributed by atoms with Crippen LogP contribution in [-0.2, 0) is 16.6 Å². The molecular formula is C13H19N5O2S. The third-order valence-electron chi connectivity index (χ3n) is 2.94. The number of sulfonamides is 1. The Hall–Kier alpha value is -1.93. The van der Waals surface area contributed by atoms with Crippen LogP contribution in [0.2, 0.25) is 0 Å². The highest BCUT2D eigenvalue weighted by Crippen LogP contribution is 2.20. The molecule has 0 spiro atoms. The van der Waals surface area contributed by atoms with Gasteiger partial charge >= 0.3 is 0 Å². The lowest BCUT2D eigenvalue weighted by Crippen LogP contribution is -2.13. The van der Waals surface area contributed by atoms with Gasteiger partial charge in [0.2, 0.25) is 0 Å². The summed E-state index contributed by atoms with van der Waals surface area (Å²) in [6.45, 7) is 4.61. The molecule has 0 aliphatic heterocycles. The van der Waals surface area contributed by atoms with E-state index in [-0.39, 0.29) is 16.8 Å². The second kappa shape index (κ2) is 6.23. The van der Waals surface area contributed by atoms with Crippen LogP contribution in [0.5, 0.6) is 0 Å². The highest BCUT2D eigenvalue weighted by Gasteiger charge is 2.19. The second-order valence-electron chi connectivity index (χ2n) is 4.91. The van der Waals surface area contributed by atoms with Crippen LogP contribution in [0.25, 0.3) is 0 Å². The minimum Gasteiger partial charge on any atom is -0.346 e. The fourth-order valence-electron chi connectivity index (χ4n) is 2.00. The zero-order valence-corrected chi connectivity index (χ0v) is 13.1. The van der Waals surface area contributed by atoms with Crippen LogP contribution in [0.3, 0.4) is 0 Å². The zero-order chi connectivity index (χ0) is 15.5. The predicted molar refractivity (Wildman–Crippen MR) is 80.4 cm³/mol. The van der Waals surface area contributed by atoms with Gasteiger partial charge in [-0.05, 0) is 39.1 Å². The minimum atomic E-state index is -3.67. The van der Waals surface area contributed by atoms with E-state index in [0.717, 1.165) is 5.69 Å². The highest BCUT2D eigenvalue weighted by molar-refractivity contribution is 7.92. The van der Waals surface area contributed by atoms with Crippen molar-refractivity contribution < 1.29 is 8.42 Å². The molecule has 0 aromatic carbocycles. The first-order valence-corrected chi connectivity index (χ1v) is 8.08. The van der Waals surface area contributed by atoms with Gasteiger partial charge in [-0.15, -0.1) is 5.10 Å². The van der Waals surface area contributed by atoms with Crippen LogP contribution in [0.1, 0.15) is 25.6 Å². The first-order chi connectivity index (χ1) is 9.94. The van der Waals surface area contributed by atoms with Crippen LogP contribution in [0.4, 0.5) is 5.82 Å². The van der Waals surface area contributed by atoms with E-state index < -0.39 is 10.0 Å². The van der Waals surface area contributed by atoms with Crippen LogP contribution >= 0.6 is 0 Å². The SMILES string of the molecule is CNCc1cc(S(=O)(=O)Nc2cccnn2)cn1C(C)C. The maximum Gasteiger partial charge on any atom is 0.264 e. The Morgan fingerprint density at radius 1 is 1.38 bits per heavy atom. The average Bonchev–Trinajstić information content (AvgIpc) is 2.85. The summed E-state index contributed by atoms with van der Waals surface area (Å²) in [5, 5.41) is 10.4. The lowest BCUT2D eigenvalue weighted by molar-refractivity contribution is 0.562. The first-order valence-electron chi connectivity index (χ1n) is 6.60. The van der Waals surface area contributed by atoms with Crippen molar-refractivity contribution >= 4 is 15.8 Å². The fraction of sp³-hybridized carbons (Fsp3) is 0.385. The number of rotatable bonds is 6. The average molecular weight is 309 g/mol. The van der Waals surface area contributed by atoms with Gasteiger partial charge < -0.3 is 9.88 Å². The molecule has 2 N–H and O–H groups in total. The number of nitrogens with zero attached hydrogens (tertiary/aromatic N) is 3. The molecule has 0 atom stereocenters. The summed E-state index contributed by atoms with van der Waals surface area (Å²) >= 11 is 0. The van der Waals surface area contributed by atoms with Gasteiger partial charge in [-0.25, -0.2) is 8.42 Å². The third kappa shape index (κ3) is 3.59. The molecule has 0 bridgehead atoms. The van der Waals surface area contributed by atoms with E-state index in [2.05, 4.69) is 20.2 Å². The van der Waals surface area contributed by atoms with Crippen LogP contribution in [0, 0.1) is 0 Å². The molecule has 2 rings (SSSR count). The summed E-state index contributed by atoms with van der Waals surface area (Å²) in [4.78, 5) is 0.215. The Bertz CT molecular complexity index is 695. The van der Waals surface area contributed by atoms with Gasteiger partial charge in [-0.3, -0.25) is 4.72 Å². The molecule has 0 aliphatic carbocycles. The van der Waals surface area contributed by atoms with Crippen LogP contribution in [0.15, 0.2) is 35.5 Å². The number of aromatic nitrogens is 3. The van der Waals surface area contributed by atoms with Gasteiger partial charge in [0.15, 0.2) is 5.82 Å². The summed E-state index contributed by atoms with van der Waals surface area (Å²) in [6.07, 6.45) is 3.12. The van der Waals surface area contributed by atoms with Crippen molar-refractivity contribution in [3.05, 3.63) is 36.3 Å². The Kier molecular flexibility index (Phi) is 4.59. The summed E-state index contributed by atoms with van der Waals surface area (Å²) in [7, 11) is -1.84. The topological polar surface area (TPSA) is 88.9 Å². The molecule has 0 radical (unpaired) electrons. The fourth-order valence-corrected chi connectivity index (χ4v) is 3.05. The standard InChI is InChI=1S/C13H19N5O2S/c1-10(2)18-9-12(7-11(18)8-14-3)21(19,20)17-13-5-4-6-15-16-13/h4-7,9-10,14H,8H2,1-3H3,(H,16,17). The van der Waals surface area contributed by atoms with Gasteiger partial charge in [0.05, 0.1) is 0 Å². The van der Waals surface area contributed by atoms with Gasteiger partial charge in [-0.2, -0.15) is 5.10 Å². The number of hydrogen-bond donors (Lipinski definition) is 2. The third-order valence-corrected chi connectivity index (χ3v) is 4.26. The van der Waals surface area contributed by atoms with Gasteiger partial charge in [0.1, 0.15) is 4.90 Å². The van der Waals surface area contributed by atoms with E-state index in [9.17, 15) is 8.42 Å². The summed E-state index contributed by atoms with van der Waals surface area (Å²) in [5.41, 5.74) is 0.909. The van der Waals surface area contributed by atoms with Crippen LogP contribution < -0.4 is 10.0 Å². The summed E-state index contributed by atoms with van der Waals surface area (Å²) in [6, 6.07) is 5.01. The molecule has 7 nitrogen and oxygen atoms in total. The van der Waals surface area contributed by atoms with E-state index in [1.54, 1.807) is 24.4 Å². The molecular weight excluding hydrogens is 290 g/mol. The van der Waals surface area contributed by atoms with Crippen LogP contribution in [-0.4, -0.2) is 30.2 Å². The van der Waals surface area contributed by atoms with E-state index in [4.69, 9.17) is 0 Å². The monoisotopic (exact) mass is 309 g/mol. The quantitative estimate of drug-likeness (QED) is 0.841. The Morgan fingerprint density at radius 2 is 2.14 bits per heavy atom. The molecule has 21 heavy (non-hydrogen) atoms. The van der Waals surface area contributed by atoms with E-state index in [1.165, 1.54) is 6.20 Å². The molecule has 8 heteroatoms. The largest absolute Gasteiger partial charge is 0.346 e. The molecule has 114 valence electrons. The Balaban J connectivity index is 2.34.